The van der Waals surface area contributed by atoms with Crippen LogP contribution < -0.4 is 0 Å². The van der Waals surface area contributed by atoms with E-state index in [4.69, 9.17) is 10.5 Å². The molecule has 0 saturated carbocycles. The molecule has 0 spiro atoms. The summed E-state index contributed by atoms with van der Waals surface area (Å²) < 4.78 is 2.06. The van der Waals surface area contributed by atoms with Crippen molar-refractivity contribution in [2.45, 2.75) is 42.7 Å². The quantitative estimate of drug-likeness (QED) is 0.151. The third-order valence-electron chi connectivity index (χ3n) is 4.36. The molecule has 30 heavy (non-hydrogen) atoms. The van der Waals surface area contributed by atoms with Crippen LogP contribution in [0.1, 0.15) is 37.0 Å². The third kappa shape index (κ3) is 5.16. The number of pyridine rings is 1. The van der Waals surface area contributed by atoms with E-state index in [-0.39, 0.29) is 11.6 Å². The molecular weight excluding hydrogens is 402 g/mol. The Morgan fingerprint density at radius 3 is 2.80 bits per heavy atom. The first-order valence-corrected chi connectivity index (χ1v) is 10.2. The van der Waals surface area contributed by atoms with Crippen LogP contribution >= 0.6 is 11.8 Å². The van der Waals surface area contributed by atoms with Crippen LogP contribution in [0.3, 0.4) is 0 Å². The van der Waals surface area contributed by atoms with Gasteiger partial charge in [-0.15, -0.1) is 0 Å². The Bertz CT molecular complexity index is 1080. The van der Waals surface area contributed by atoms with Crippen LogP contribution in [0.4, 0.5) is 5.69 Å². The zero-order chi connectivity index (χ0) is 21.5. The SMILES string of the molecule is CC(C)c1nc(CCN=[N+]=[N-])n(Cc2ccccn2)c1Sc1cccc([N+](=O)[O-])c1. The molecule has 2 heterocycles. The molecule has 0 aliphatic rings. The molecule has 0 atom stereocenters. The molecule has 10 heteroatoms. The van der Waals surface area contributed by atoms with E-state index in [1.54, 1.807) is 18.3 Å². The van der Waals surface area contributed by atoms with Gasteiger partial charge in [-0.3, -0.25) is 15.1 Å². The number of benzene rings is 1. The Morgan fingerprint density at radius 1 is 1.30 bits per heavy atom. The molecule has 0 saturated heterocycles. The molecule has 0 aliphatic heterocycles. The molecule has 154 valence electrons. The normalized spacial score (nSPS) is 10.8. The van der Waals surface area contributed by atoms with Crippen LogP contribution in [0, 0.1) is 10.1 Å². The predicted molar refractivity (Wildman–Crippen MR) is 115 cm³/mol. The van der Waals surface area contributed by atoms with Crippen molar-refractivity contribution in [2.75, 3.05) is 6.54 Å². The molecule has 0 unspecified atom stereocenters. The summed E-state index contributed by atoms with van der Waals surface area (Å²) in [6.07, 6.45) is 2.23. The van der Waals surface area contributed by atoms with Crippen molar-refractivity contribution < 1.29 is 4.92 Å². The summed E-state index contributed by atoms with van der Waals surface area (Å²) >= 11 is 1.44. The maximum Gasteiger partial charge on any atom is 0.270 e. The van der Waals surface area contributed by atoms with Gasteiger partial charge in [0.25, 0.3) is 5.69 Å². The number of aromatic nitrogens is 3. The minimum absolute atomic E-state index is 0.0467. The van der Waals surface area contributed by atoms with Crippen molar-refractivity contribution in [3.05, 3.63) is 86.4 Å². The third-order valence-corrected chi connectivity index (χ3v) is 5.47. The van der Waals surface area contributed by atoms with Gasteiger partial charge < -0.3 is 4.57 Å². The number of nitro benzene ring substituents is 1. The lowest BCUT2D eigenvalue weighted by atomic mass is 10.1. The van der Waals surface area contributed by atoms with Gasteiger partial charge >= 0.3 is 0 Å². The van der Waals surface area contributed by atoms with Gasteiger partial charge in [-0.05, 0) is 29.6 Å². The van der Waals surface area contributed by atoms with Crippen LogP contribution in [-0.4, -0.2) is 26.0 Å². The van der Waals surface area contributed by atoms with Gasteiger partial charge in [0.15, 0.2) is 0 Å². The van der Waals surface area contributed by atoms with Crippen molar-refractivity contribution in [3.8, 4) is 0 Å². The molecule has 0 amide bonds. The van der Waals surface area contributed by atoms with Crippen LogP contribution in [0.15, 0.2) is 63.7 Å². The minimum atomic E-state index is -0.399. The van der Waals surface area contributed by atoms with Gasteiger partial charge in [-0.2, -0.15) is 0 Å². The standard InChI is InChI=1S/C20H21N7O2S/c1-14(2)19-20(30-17-8-5-7-16(12-17)27(28)29)26(13-15-6-3-4-10-22-15)18(24-19)9-11-23-25-21/h3-8,10,12,14H,9,11,13H2,1-2H3. The first kappa shape index (κ1) is 21.4. The van der Waals surface area contributed by atoms with E-state index in [9.17, 15) is 10.1 Å². The van der Waals surface area contributed by atoms with Crippen LogP contribution in [0.2, 0.25) is 0 Å². The van der Waals surface area contributed by atoms with Crippen molar-refractivity contribution in [1.29, 1.82) is 0 Å². The number of non-ortho nitro benzene ring substituents is 1. The average Bonchev–Trinajstić information content (AvgIpc) is 3.06. The van der Waals surface area contributed by atoms with E-state index >= 15 is 0 Å². The highest BCUT2D eigenvalue weighted by Gasteiger charge is 2.21. The monoisotopic (exact) mass is 423 g/mol. The summed E-state index contributed by atoms with van der Waals surface area (Å²) in [4.78, 5) is 23.6. The van der Waals surface area contributed by atoms with Crippen molar-refractivity contribution in [3.63, 3.8) is 0 Å². The Kier molecular flexibility index (Phi) is 7.05. The highest BCUT2D eigenvalue weighted by Crippen LogP contribution is 2.36. The van der Waals surface area contributed by atoms with Crippen molar-refractivity contribution in [2.24, 2.45) is 5.11 Å². The Labute approximate surface area is 178 Å². The van der Waals surface area contributed by atoms with Gasteiger partial charge in [0.2, 0.25) is 0 Å². The number of imidazole rings is 1. The van der Waals surface area contributed by atoms with E-state index in [0.717, 1.165) is 27.1 Å². The summed E-state index contributed by atoms with van der Waals surface area (Å²) in [5, 5.41) is 15.7. The van der Waals surface area contributed by atoms with Crippen molar-refractivity contribution >= 4 is 17.4 Å². The molecule has 0 aliphatic carbocycles. The summed E-state index contributed by atoms with van der Waals surface area (Å²) in [6.45, 7) is 4.92. The second kappa shape index (κ2) is 9.91. The lowest BCUT2D eigenvalue weighted by Gasteiger charge is -2.13. The number of hydrogen-bond acceptors (Lipinski definition) is 6. The first-order chi connectivity index (χ1) is 14.5. The maximum atomic E-state index is 11.2. The molecule has 0 N–H and O–H groups in total. The maximum absolute atomic E-state index is 11.2. The molecule has 0 bridgehead atoms. The summed E-state index contributed by atoms with van der Waals surface area (Å²) in [6, 6.07) is 12.3. The van der Waals surface area contributed by atoms with Crippen LogP contribution in [-0.2, 0) is 13.0 Å². The fraction of sp³-hybridized carbons (Fsp3) is 0.300. The number of azide groups is 1. The largest absolute Gasteiger partial charge is 0.317 e. The lowest BCUT2D eigenvalue weighted by molar-refractivity contribution is -0.385. The number of nitro groups is 1. The zero-order valence-electron chi connectivity index (χ0n) is 16.7. The van der Waals surface area contributed by atoms with E-state index in [0.29, 0.717) is 19.5 Å². The smallest absolute Gasteiger partial charge is 0.270 e. The van der Waals surface area contributed by atoms with E-state index in [2.05, 4.69) is 33.4 Å². The van der Waals surface area contributed by atoms with Crippen molar-refractivity contribution in [1.82, 2.24) is 14.5 Å². The van der Waals surface area contributed by atoms with Gasteiger partial charge in [-0.25, -0.2) is 4.98 Å². The minimum Gasteiger partial charge on any atom is -0.317 e. The molecule has 2 aromatic heterocycles. The Morgan fingerprint density at radius 2 is 2.13 bits per heavy atom. The van der Waals surface area contributed by atoms with Gasteiger partial charge in [0.1, 0.15) is 10.9 Å². The number of nitrogens with zero attached hydrogens (tertiary/aromatic N) is 7. The average molecular weight is 424 g/mol. The van der Waals surface area contributed by atoms with Gasteiger partial charge in [0, 0.05) is 41.1 Å². The highest BCUT2D eigenvalue weighted by molar-refractivity contribution is 7.99. The van der Waals surface area contributed by atoms with E-state index in [1.807, 2.05) is 24.3 Å². The van der Waals surface area contributed by atoms with Crippen LogP contribution in [0.5, 0.6) is 0 Å². The molecular formula is C20H21N7O2S. The van der Waals surface area contributed by atoms with Gasteiger partial charge in [0.05, 0.1) is 22.9 Å². The highest BCUT2D eigenvalue weighted by atomic mass is 32.2. The molecule has 0 radical (unpaired) electrons. The fourth-order valence-corrected chi connectivity index (χ4v) is 4.18. The Hall–Kier alpha value is -3.36. The van der Waals surface area contributed by atoms with Gasteiger partial charge in [-0.1, -0.05) is 42.9 Å². The fourth-order valence-electron chi connectivity index (χ4n) is 2.96. The number of rotatable bonds is 9. The first-order valence-electron chi connectivity index (χ1n) is 9.42. The summed E-state index contributed by atoms with van der Waals surface area (Å²) in [5.74, 6) is 0.944. The number of hydrogen-bond donors (Lipinski definition) is 0. The Balaban J connectivity index is 2.06. The molecule has 1 aromatic carbocycles. The molecule has 3 rings (SSSR count). The molecule has 9 nitrogen and oxygen atoms in total. The lowest BCUT2D eigenvalue weighted by Crippen LogP contribution is -2.09. The second-order valence-electron chi connectivity index (χ2n) is 6.84. The second-order valence-corrected chi connectivity index (χ2v) is 7.90. The summed E-state index contributed by atoms with van der Waals surface area (Å²) in [7, 11) is 0. The zero-order valence-corrected chi connectivity index (χ0v) is 17.5. The molecule has 0 fully saturated rings. The van der Waals surface area contributed by atoms with E-state index in [1.165, 1.54) is 17.8 Å². The van der Waals surface area contributed by atoms with Crippen LogP contribution in [0.25, 0.3) is 10.4 Å². The topological polar surface area (TPSA) is 123 Å². The molecule has 3 aromatic rings. The summed E-state index contributed by atoms with van der Waals surface area (Å²) in [5.41, 5.74) is 10.4. The van der Waals surface area contributed by atoms with E-state index < -0.39 is 4.92 Å². The predicted octanol–water partition coefficient (Wildman–Crippen LogP) is 5.36.